The number of carbonyl (C=O) groups is 1. The van der Waals surface area contributed by atoms with Gasteiger partial charge < -0.3 is 9.84 Å². The average molecular weight is 342 g/mol. The summed E-state index contributed by atoms with van der Waals surface area (Å²) in [4.78, 5) is 11.8. The number of hydrogen-bond donors (Lipinski definition) is 1. The molecule has 2 bridgehead atoms. The van der Waals surface area contributed by atoms with Gasteiger partial charge in [-0.25, -0.2) is 4.79 Å². The topological polar surface area (TPSA) is 46.5 Å². The van der Waals surface area contributed by atoms with Crippen LogP contribution in [-0.4, -0.2) is 34.9 Å². The van der Waals surface area contributed by atoms with Crippen LogP contribution in [0.25, 0.3) is 0 Å². The third-order valence-electron chi connectivity index (χ3n) is 4.94. The Morgan fingerprint density at radius 3 is 2.09 bits per heavy atom. The van der Waals surface area contributed by atoms with Crippen LogP contribution in [0.2, 0.25) is 0 Å². The van der Waals surface area contributed by atoms with E-state index in [2.05, 4.69) is 6.58 Å². The lowest BCUT2D eigenvalue weighted by Crippen LogP contribution is -2.67. The summed E-state index contributed by atoms with van der Waals surface area (Å²) in [6.07, 6.45) is -8.07. The molecule has 8 heteroatoms. The fraction of sp³-hybridized carbons (Fsp3) is 0.800. The molecule has 0 radical (unpaired) electrons. The summed E-state index contributed by atoms with van der Waals surface area (Å²) >= 11 is 0. The first kappa shape index (κ1) is 18.2. The highest BCUT2D eigenvalue weighted by atomic mass is 19.4. The molecule has 0 aromatic heterocycles. The van der Waals surface area contributed by atoms with Gasteiger partial charge in [0.2, 0.25) is 6.10 Å². The average Bonchev–Trinajstić information content (AvgIpc) is 2.46. The van der Waals surface area contributed by atoms with Gasteiger partial charge in [-0.3, -0.25) is 0 Å². The van der Waals surface area contributed by atoms with Crippen LogP contribution < -0.4 is 0 Å². The van der Waals surface area contributed by atoms with E-state index in [0.717, 1.165) is 0 Å². The summed E-state index contributed by atoms with van der Waals surface area (Å²) in [5.74, 6) is -6.95. The van der Waals surface area contributed by atoms with E-state index in [9.17, 15) is 31.9 Å². The van der Waals surface area contributed by atoms with E-state index in [4.69, 9.17) is 4.74 Å². The highest BCUT2D eigenvalue weighted by Crippen LogP contribution is 2.57. The van der Waals surface area contributed by atoms with Gasteiger partial charge in [-0.1, -0.05) is 6.58 Å². The molecule has 0 spiro atoms. The van der Waals surface area contributed by atoms with Gasteiger partial charge in [-0.05, 0) is 44.9 Å². The minimum atomic E-state index is -5.51. The molecule has 3 fully saturated rings. The molecule has 3 saturated carbocycles. The molecule has 2 unspecified atom stereocenters. The number of fused-ring (bicyclic) bond motifs is 3. The number of halogens is 5. The summed E-state index contributed by atoms with van der Waals surface area (Å²) in [7, 11) is 0. The molecule has 0 saturated heterocycles. The second-order valence-electron chi connectivity index (χ2n) is 6.55. The molecule has 0 aromatic rings. The van der Waals surface area contributed by atoms with Crippen molar-refractivity contribution in [3.63, 3.8) is 0 Å². The first-order valence-electron chi connectivity index (χ1n) is 7.43. The van der Waals surface area contributed by atoms with Crippen molar-refractivity contribution in [1.82, 2.24) is 0 Å². The van der Waals surface area contributed by atoms with Crippen molar-refractivity contribution in [1.29, 1.82) is 0 Å². The van der Waals surface area contributed by atoms with Crippen LogP contribution in [0.5, 0.6) is 0 Å². The number of aliphatic hydroxyl groups is 1. The number of esters is 1. The van der Waals surface area contributed by atoms with Crippen LogP contribution in [0, 0.1) is 11.8 Å². The van der Waals surface area contributed by atoms with Crippen molar-refractivity contribution < 1.29 is 36.6 Å². The SMILES string of the molecule is C=C(C)C(=O)OC1(C(F)(F)C(O)C(F)(F)F)CC2CCC1CC2. The zero-order valence-electron chi connectivity index (χ0n) is 12.6. The van der Waals surface area contributed by atoms with Crippen molar-refractivity contribution in [3.8, 4) is 0 Å². The predicted molar refractivity (Wildman–Crippen MR) is 70.7 cm³/mol. The third-order valence-corrected chi connectivity index (χ3v) is 4.94. The molecule has 3 aliphatic rings. The van der Waals surface area contributed by atoms with Gasteiger partial charge in [-0.15, -0.1) is 0 Å². The van der Waals surface area contributed by atoms with E-state index in [1.54, 1.807) is 0 Å². The summed E-state index contributed by atoms with van der Waals surface area (Å²) < 4.78 is 72.4. The Balaban J connectivity index is 2.45. The van der Waals surface area contributed by atoms with E-state index in [0.29, 0.717) is 12.8 Å². The van der Waals surface area contributed by atoms with Gasteiger partial charge in [0.05, 0.1) is 0 Å². The molecule has 132 valence electrons. The number of alkyl halides is 5. The number of ether oxygens (including phenoxy) is 1. The maximum absolute atomic E-state index is 14.7. The van der Waals surface area contributed by atoms with Crippen molar-refractivity contribution in [3.05, 3.63) is 12.2 Å². The molecule has 0 heterocycles. The number of hydrogen-bond acceptors (Lipinski definition) is 3. The smallest absolute Gasteiger partial charge is 0.420 e. The molecule has 3 aliphatic carbocycles. The van der Waals surface area contributed by atoms with Gasteiger partial charge in [0.15, 0.2) is 5.60 Å². The Morgan fingerprint density at radius 2 is 1.74 bits per heavy atom. The maximum Gasteiger partial charge on any atom is 0.420 e. The van der Waals surface area contributed by atoms with E-state index >= 15 is 0 Å². The Hall–Kier alpha value is -1.18. The maximum atomic E-state index is 14.7. The highest BCUT2D eigenvalue weighted by Gasteiger charge is 2.72. The summed E-state index contributed by atoms with van der Waals surface area (Å²) in [5, 5.41) is 9.22. The first-order valence-corrected chi connectivity index (χ1v) is 7.43. The summed E-state index contributed by atoms with van der Waals surface area (Å²) in [6.45, 7) is 4.52. The van der Waals surface area contributed by atoms with Crippen LogP contribution in [0.15, 0.2) is 12.2 Å². The molecule has 1 N–H and O–H groups in total. The van der Waals surface area contributed by atoms with Crippen LogP contribution in [0.1, 0.15) is 39.0 Å². The quantitative estimate of drug-likeness (QED) is 0.482. The molecular weight excluding hydrogens is 323 g/mol. The second kappa shape index (κ2) is 5.72. The normalized spacial score (nSPS) is 32.5. The van der Waals surface area contributed by atoms with Crippen molar-refractivity contribution in [2.24, 2.45) is 11.8 Å². The molecular formula is C15H19F5O3. The molecule has 0 aliphatic heterocycles. The lowest BCUT2D eigenvalue weighted by molar-refractivity contribution is -0.336. The van der Waals surface area contributed by atoms with Crippen LogP contribution >= 0.6 is 0 Å². The van der Waals surface area contributed by atoms with Gasteiger partial charge >= 0.3 is 18.1 Å². The molecule has 2 atom stereocenters. The Kier molecular flexibility index (Phi) is 4.52. The summed E-state index contributed by atoms with van der Waals surface area (Å²) in [5.41, 5.74) is -2.82. The van der Waals surface area contributed by atoms with Gasteiger partial charge in [0.25, 0.3) is 0 Å². The minimum Gasteiger partial charge on any atom is -0.449 e. The second-order valence-corrected chi connectivity index (χ2v) is 6.55. The van der Waals surface area contributed by atoms with Gasteiger partial charge in [0, 0.05) is 11.5 Å². The Labute approximate surface area is 130 Å². The lowest BCUT2D eigenvalue weighted by Gasteiger charge is -2.54. The molecule has 0 aromatic carbocycles. The fourth-order valence-electron chi connectivity index (χ4n) is 3.72. The van der Waals surface area contributed by atoms with Gasteiger partial charge in [-0.2, -0.15) is 22.0 Å². The lowest BCUT2D eigenvalue weighted by atomic mass is 9.59. The summed E-state index contributed by atoms with van der Waals surface area (Å²) in [6, 6.07) is 0. The zero-order valence-corrected chi connectivity index (χ0v) is 12.6. The first-order chi connectivity index (χ1) is 10.4. The zero-order chi connectivity index (χ0) is 17.6. The number of aliphatic hydroxyl groups excluding tert-OH is 1. The van der Waals surface area contributed by atoms with E-state index in [1.807, 2.05) is 0 Å². The standard InChI is InChI=1S/C15H19F5O3/c1-8(2)11(21)23-13(7-9-3-5-10(13)6-4-9)14(16,17)12(22)15(18,19)20/h9-10,12,22H,1,3-7H2,2H3. The Morgan fingerprint density at radius 1 is 1.22 bits per heavy atom. The van der Waals surface area contributed by atoms with Crippen molar-refractivity contribution >= 4 is 5.97 Å². The number of carbonyl (C=O) groups excluding carboxylic acids is 1. The molecule has 0 amide bonds. The van der Waals surface area contributed by atoms with E-state index < -0.39 is 35.7 Å². The minimum absolute atomic E-state index is 0.178. The predicted octanol–water partition coefficient (Wildman–Crippen LogP) is 3.61. The highest BCUT2D eigenvalue weighted by molar-refractivity contribution is 5.87. The van der Waals surface area contributed by atoms with Crippen molar-refractivity contribution in [2.45, 2.75) is 62.8 Å². The molecule has 3 rings (SSSR count). The van der Waals surface area contributed by atoms with E-state index in [1.165, 1.54) is 6.92 Å². The largest absolute Gasteiger partial charge is 0.449 e. The van der Waals surface area contributed by atoms with E-state index in [-0.39, 0.29) is 30.8 Å². The monoisotopic (exact) mass is 342 g/mol. The van der Waals surface area contributed by atoms with Gasteiger partial charge in [0.1, 0.15) is 0 Å². The van der Waals surface area contributed by atoms with Crippen LogP contribution in [0.4, 0.5) is 22.0 Å². The Bertz CT molecular complexity index is 494. The van der Waals surface area contributed by atoms with Crippen molar-refractivity contribution in [2.75, 3.05) is 0 Å². The number of rotatable bonds is 4. The third kappa shape index (κ3) is 2.97. The van der Waals surface area contributed by atoms with Crippen LogP contribution in [-0.2, 0) is 9.53 Å². The van der Waals surface area contributed by atoms with Crippen LogP contribution in [0.3, 0.4) is 0 Å². The molecule has 23 heavy (non-hydrogen) atoms. The fourth-order valence-corrected chi connectivity index (χ4v) is 3.72. The molecule has 3 nitrogen and oxygen atoms in total.